The fraction of sp³-hybridized carbons (Fsp3) is 0.600. The third-order valence-electron chi connectivity index (χ3n) is 1.42. The van der Waals surface area contributed by atoms with Crippen LogP contribution in [0.15, 0.2) is 0 Å². The largest absolute Gasteiger partial charge is 0.546 e. The summed E-state index contributed by atoms with van der Waals surface area (Å²) >= 11 is 0. The lowest BCUT2D eigenvalue weighted by Gasteiger charge is -2.11. The molecule has 0 aliphatic carbocycles. The van der Waals surface area contributed by atoms with Crippen LogP contribution in [-0.2, 0) is 18.4 Å². The first-order chi connectivity index (χ1) is 7.32. The average Bonchev–Trinajstić information content (AvgIpc) is 2.11. The Kier molecular flexibility index (Phi) is 7.06. The molecule has 0 aromatic rings. The van der Waals surface area contributed by atoms with Gasteiger partial charge in [-0.1, -0.05) is 0 Å². The first kappa shape index (κ1) is 15.2. The molecule has 0 bridgehead atoms. The molecule has 0 aromatic carbocycles. The molecule has 0 fully saturated rings. The first-order valence-corrected chi connectivity index (χ1v) is 7.21. The summed E-state index contributed by atoms with van der Waals surface area (Å²) < 4.78 is 8.14. The zero-order valence-electron chi connectivity index (χ0n) is 8.15. The highest BCUT2D eigenvalue weighted by atomic mass is 28.3. The SMILES string of the molecule is N[C@@H](CCC(=O)O[SiH](O)O)C(=O)O[SiH](O)O. The van der Waals surface area contributed by atoms with Crippen molar-refractivity contribution >= 4 is 31.0 Å². The van der Waals surface area contributed by atoms with Gasteiger partial charge in [-0.3, -0.25) is 9.59 Å². The maximum atomic E-state index is 10.9. The first-order valence-electron chi connectivity index (χ1n) is 4.20. The monoisotopic (exact) mass is 271 g/mol. The third-order valence-corrected chi connectivity index (χ3v) is 2.34. The second-order valence-corrected chi connectivity index (χ2v) is 4.50. The van der Waals surface area contributed by atoms with Crippen LogP contribution in [0.25, 0.3) is 0 Å². The normalized spacial score (nSPS) is 12.7. The van der Waals surface area contributed by atoms with Gasteiger partial charge in [0.15, 0.2) is 0 Å². The van der Waals surface area contributed by atoms with Crippen LogP contribution in [0.3, 0.4) is 0 Å². The molecule has 0 aliphatic heterocycles. The molecule has 94 valence electrons. The lowest BCUT2D eigenvalue weighted by atomic mass is 10.2. The standard InChI is InChI=1S/C5H13NO8Si2/c6-3(5(8)14-16(11)12)1-2-4(7)13-15(9)10/h3,9-12,15-16H,1-2,6H2/t3-/m0/s1. The summed E-state index contributed by atoms with van der Waals surface area (Å²) in [7, 11) is -6.90. The van der Waals surface area contributed by atoms with Gasteiger partial charge in [0, 0.05) is 6.42 Å². The van der Waals surface area contributed by atoms with Crippen molar-refractivity contribution in [3.63, 3.8) is 0 Å². The molecule has 0 saturated heterocycles. The number of carbonyl (C=O) groups is 2. The quantitative estimate of drug-likeness (QED) is 0.300. The van der Waals surface area contributed by atoms with E-state index >= 15 is 0 Å². The molecule has 16 heavy (non-hydrogen) atoms. The number of hydrogen-bond acceptors (Lipinski definition) is 9. The van der Waals surface area contributed by atoms with Gasteiger partial charge in [0.2, 0.25) is 0 Å². The van der Waals surface area contributed by atoms with E-state index < -0.39 is 37.0 Å². The van der Waals surface area contributed by atoms with Gasteiger partial charge >= 0.3 is 25.0 Å². The van der Waals surface area contributed by atoms with Crippen LogP contribution in [0.2, 0.25) is 0 Å². The predicted octanol–water partition coefficient (Wildman–Crippen LogP) is -4.42. The van der Waals surface area contributed by atoms with Gasteiger partial charge in [-0.25, -0.2) is 0 Å². The molecule has 0 saturated carbocycles. The van der Waals surface area contributed by atoms with Crippen LogP contribution in [-0.4, -0.2) is 56.2 Å². The van der Waals surface area contributed by atoms with Gasteiger partial charge in [-0.15, -0.1) is 0 Å². The molecule has 0 unspecified atom stereocenters. The van der Waals surface area contributed by atoms with Crippen molar-refractivity contribution in [2.24, 2.45) is 5.73 Å². The molecular formula is C5H13NO8Si2. The number of carbonyl (C=O) groups excluding carboxylic acids is 2. The van der Waals surface area contributed by atoms with E-state index in [9.17, 15) is 9.59 Å². The Morgan fingerprint density at radius 3 is 2.06 bits per heavy atom. The van der Waals surface area contributed by atoms with Crippen LogP contribution in [0.4, 0.5) is 0 Å². The maximum absolute atomic E-state index is 10.9. The van der Waals surface area contributed by atoms with E-state index in [-0.39, 0.29) is 12.8 Å². The smallest absolute Gasteiger partial charge is 0.476 e. The highest BCUT2D eigenvalue weighted by molar-refractivity contribution is 6.36. The molecule has 9 nitrogen and oxygen atoms in total. The Morgan fingerprint density at radius 2 is 1.62 bits per heavy atom. The van der Waals surface area contributed by atoms with Crippen LogP contribution < -0.4 is 5.73 Å². The molecule has 6 N–H and O–H groups in total. The number of nitrogens with two attached hydrogens (primary N) is 1. The predicted molar refractivity (Wildman–Crippen MR) is 52.6 cm³/mol. The van der Waals surface area contributed by atoms with Gasteiger partial charge < -0.3 is 33.8 Å². The van der Waals surface area contributed by atoms with Gasteiger partial charge in [0.25, 0.3) is 5.97 Å². The second kappa shape index (κ2) is 7.45. The van der Waals surface area contributed by atoms with Crippen molar-refractivity contribution < 1.29 is 37.6 Å². The Morgan fingerprint density at radius 1 is 1.12 bits per heavy atom. The summed E-state index contributed by atoms with van der Waals surface area (Å²) in [6.45, 7) is 0. The van der Waals surface area contributed by atoms with Crippen LogP contribution >= 0.6 is 0 Å². The fourth-order valence-corrected chi connectivity index (χ4v) is 1.49. The molecule has 11 heteroatoms. The van der Waals surface area contributed by atoms with Crippen molar-refractivity contribution in [3.05, 3.63) is 0 Å². The second-order valence-electron chi connectivity index (χ2n) is 2.72. The van der Waals surface area contributed by atoms with Crippen LogP contribution in [0.5, 0.6) is 0 Å². The van der Waals surface area contributed by atoms with Gasteiger partial charge in [-0.05, 0) is 6.42 Å². The van der Waals surface area contributed by atoms with E-state index in [4.69, 9.17) is 24.9 Å². The highest BCUT2D eigenvalue weighted by Gasteiger charge is 2.21. The number of hydrogen-bond donors (Lipinski definition) is 5. The van der Waals surface area contributed by atoms with Crippen LogP contribution in [0.1, 0.15) is 12.8 Å². The minimum Gasteiger partial charge on any atom is -0.476 e. The summed E-state index contributed by atoms with van der Waals surface area (Å²) in [6, 6.07) is -1.20. The minimum absolute atomic E-state index is 0.153. The maximum Gasteiger partial charge on any atom is 0.546 e. The van der Waals surface area contributed by atoms with E-state index in [1.165, 1.54) is 0 Å². The molecule has 0 radical (unpaired) electrons. The highest BCUT2D eigenvalue weighted by Crippen LogP contribution is 1.99. The summed E-state index contributed by atoms with van der Waals surface area (Å²) in [6.07, 6.45) is -0.454. The van der Waals surface area contributed by atoms with E-state index in [1.54, 1.807) is 0 Å². The molecule has 0 heterocycles. The third kappa shape index (κ3) is 7.46. The average molecular weight is 271 g/mol. The zero-order valence-corrected chi connectivity index (χ0v) is 10.5. The Hall–Kier alpha value is -0.826. The minimum atomic E-state index is -3.48. The van der Waals surface area contributed by atoms with E-state index in [1.807, 2.05) is 0 Å². The number of rotatable bonds is 6. The Labute approximate surface area is 94.0 Å². The van der Waals surface area contributed by atoms with Crippen LogP contribution in [0, 0.1) is 0 Å². The summed E-state index contributed by atoms with van der Waals surface area (Å²) in [5.41, 5.74) is 5.25. The van der Waals surface area contributed by atoms with Gasteiger partial charge in [0.05, 0.1) is 0 Å². The molecular weight excluding hydrogens is 258 g/mol. The lowest BCUT2D eigenvalue weighted by Crippen LogP contribution is -2.37. The lowest BCUT2D eigenvalue weighted by molar-refractivity contribution is -0.139. The van der Waals surface area contributed by atoms with E-state index in [2.05, 4.69) is 8.85 Å². The van der Waals surface area contributed by atoms with Crippen molar-refractivity contribution in [2.45, 2.75) is 18.9 Å². The van der Waals surface area contributed by atoms with Crippen molar-refractivity contribution in [2.75, 3.05) is 0 Å². The fourth-order valence-electron chi connectivity index (χ4n) is 0.759. The molecule has 0 spiro atoms. The summed E-state index contributed by atoms with van der Waals surface area (Å²) in [5, 5.41) is 0. The van der Waals surface area contributed by atoms with Crippen molar-refractivity contribution in [1.29, 1.82) is 0 Å². The van der Waals surface area contributed by atoms with Gasteiger partial charge in [0.1, 0.15) is 6.04 Å². The molecule has 1 atom stereocenters. The van der Waals surface area contributed by atoms with E-state index in [0.717, 1.165) is 0 Å². The summed E-state index contributed by atoms with van der Waals surface area (Å²) in [4.78, 5) is 55.3. The summed E-state index contributed by atoms with van der Waals surface area (Å²) in [5.74, 6) is -1.93. The molecule has 0 rings (SSSR count). The van der Waals surface area contributed by atoms with Crippen molar-refractivity contribution in [1.82, 2.24) is 0 Å². The Balaban J connectivity index is 3.84. The van der Waals surface area contributed by atoms with Crippen molar-refractivity contribution in [3.8, 4) is 0 Å². The zero-order chi connectivity index (χ0) is 12.7. The van der Waals surface area contributed by atoms with E-state index in [0.29, 0.717) is 0 Å². The molecule has 0 aromatic heterocycles. The molecule has 0 amide bonds. The molecule has 0 aliphatic rings. The van der Waals surface area contributed by atoms with Gasteiger partial charge in [-0.2, -0.15) is 0 Å². The topological polar surface area (TPSA) is 160 Å². The Bertz CT molecular complexity index is 247.